The van der Waals surface area contributed by atoms with Crippen LogP contribution in [-0.2, 0) is 0 Å². The van der Waals surface area contributed by atoms with Crippen LogP contribution >= 0.6 is 24.2 Å². The number of unbranched alkanes of at least 4 members (excludes halogenated alkanes) is 11. The van der Waals surface area contributed by atoms with Gasteiger partial charge in [-0.15, -0.1) is 17.0 Å². The number of halogens is 1. The van der Waals surface area contributed by atoms with E-state index in [1.807, 2.05) is 0 Å². The fourth-order valence-electron chi connectivity index (χ4n) is 5.33. The third-order valence-corrected chi connectivity index (χ3v) is 12.3. The predicted molar refractivity (Wildman–Crippen MR) is 163 cm³/mol. The summed E-state index contributed by atoms with van der Waals surface area (Å²) in [6, 6.07) is 34.1. The van der Waals surface area contributed by atoms with E-state index in [9.17, 15) is 0 Å². The molecule has 3 aromatic carbocycles. The van der Waals surface area contributed by atoms with Crippen molar-refractivity contribution in [1.29, 1.82) is 0 Å². The third kappa shape index (κ3) is 8.66. The van der Waals surface area contributed by atoms with E-state index in [0.29, 0.717) is 0 Å². The van der Waals surface area contributed by atoms with Crippen LogP contribution in [0.3, 0.4) is 0 Å². The van der Waals surface area contributed by atoms with Crippen molar-refractivity contribution in [3.63, 3.8) is 0 Å². The number of benzene rings is 3. The molecule has 34 heavy (non-hydrogen) atoms. The number of rotatable bonds is 16. The van der Waals surface area contributed by atoms with E-state index in [0.717, 1.165) is 0 Å². The minimum absolute atomic E-state index is 0. The number of hydrogen-bond acceptors (Lipinski definition) is 0. The summed E-state index contributed by atoms with van der Waals surface area (Å²) in [6.45, 7) is 2.30. The monoisotopic (exact) mass is 540 g/mol. The Balaban J connectivity index is 0.00000408. The third-order valence-electron chi connectivity index (χ3n) is 7.21. The number of hydrogen-bond donors (Lipinski definition) is 0. The molecular formula is C32H46BrP. The Morgan fingerprint density at radius 1 is 0.412 bits per heavy atom. The fraction of sp³-hybridized carbons (Fsp3) is 0.438. The zero-order chi connectivity index (χ0) is 23.0. The molecule has 0 heterocycles. The van der Waals surface area contributed by atoms with Crippen LogP contribution < -0.4 is 15.9 Å². The van der Waals surface area contributed by atoms with Gasteiger partial charge < -0.3 is 0 Å². The van der Waals surface area contributed by atoms with Gasteiger partial charge in [0.2, 0.25) is 0 Å². The van der Waals surface area contributed by atoms with Crippen molar-refractivity contribution in [2.24, 2.45) is 0 Å². The molecule has 0 radical (unpaired) electrons. The molecule has 0 spiro atoms. The first-order valence-electron chi connectivity index (χ1n) is 13.5. The maximum atomic E-state index is 2.38. The summed E-state index contributed by atoms with van der Waals surface area (Å²) < 4.78 is 0. The Kier molecular flexibility index (Phi) is 14.5. The Hall–Kier alpha value is -1.43. The zero-order valence-electron chi connectivity index (χ0n) is 21.3. The first kappa shape index (κ1) is 28.8. The van der Waals surface area contributed by atoms with Crippen LogP contribution in [-0.4, -0.2) is 6.16 Å². The molecule has 0 N–H and O–H groups in total. The quantitative estimate of drug-likeness (QED) is 0.125. The molecule has 0 bridgehead atoms. The average Bonchev–Trinajstić information content (AvgIpc) is 2.89. The second-order valence-electron chi connectivity index (χ2n) is 9.64. The Morgan fingerprint density at radius 3 is 1.03 bits per heavy atom. The average molecular weight is 542 g/mol. The van der Waals surface area contributed by atoms with Gasteiger partial charge in [0.25, 0.3) is 0 Å². The van der Waals surface area contributed by atoms with Crippen molar-refractivity contribution < 1.29 is 0 Å². The molecule has 0 saturated carbocycles. The topological polar surface area (TPSA) is 0 Å². The van der Waals surface area contributed by atoms with Gasteiger partial charge in [0.05, 0.1) is 0 Å². The molecule has 0 aromatic heterocycles. The Bertz CT molecular complexity index is 767. The summed E-state index contributed by atoms with van der Waals surface area (Å²) in [4.78, 5) is 0. The van der Waals surface area contributed by atoms with E-state index in [2.05, 4.69) is 97.9 Å². The molecule has 2 heteroatoms. The van der Waals surface area contributed by atoms with Gasteiger partial charge in [0.1, 0.15) is 0 Å². The fourth-order valence-corrected chi connectivity index (χ4v) is 10.3. The van der Waals surface area contributed by atoms with Gasteiger partial charge in [-0.2, -0.15) is 0 Å². The molecule has 0 amide bonds. The summed E-state index contributed by atoms with van der Waals surface area (Å²) >= 11 is 0. The SMILES string of the molecule is Br.CCCCCCCCCCCCCC[PH](c1ccccc1)(c1ccccc1)c1ccccc1. The van der Waals surface area contributed by atoms with E-state index in [4.69, 9.17) is 0 Å². The van der Waals surface area contributed by atoms with E-state index in [-0.39, 0.29) is 17.0 Å². The molecule has 0 aliphatic heterocycles. The standard InChI is InChI=1S/C32H45P.BrH/c1-2-3-4-5-6-7-8-9-10-11-12-22-29-33(30-23-16-13-17-24-30,31-25-18-14-19-26-31)32-27-20-15-21-28-32;/h13-21,23-28,33H,2-12,22,29H2,1H3;1H. The molecule has 0 unspecified atom stereocenters. The molecule has 0 nitrogen and oxygen atoms in total. The second kappa shape index (κ2) is 17.1. The Morgan fingerprint density at radius 2 is 0.706 bits per heavy atom. The van der Waals surface area contributed by atoms with Gasteiger partial charge in [-0.1, -0.05) is 13.3 Å². The van der Waals surface area contributed by atoms with Gasteiger partial charge in [-0.3, -0.25) is 0 Å². The molecule has 3 aromatic rings. The van der Waals surface area contributed by atoms with Crippen molar-refractivity contribution in [3.05, 3.63) is 91.0 Å². The molecule has 0 fully saturated rings. The normalized spacial score (nSPS) is 11.7. The van der Waals surface area contributed by atoms with Crippen LogP contribution in [0.15, 0.2) is 91.0 Å². The summed E-state index contributed by atoms with van der Waals surface area (Å²) in [6.07, 6.45) is 18.2. The summed E-state index contributed by atoms with van der Waals surface area (Å²) in [5.41, 5.74) is 0. The summed E-state index contributed by atoms with van der Waals surface area (Å²) in [7, 11) is -2.02. The molecule has 0 saturated heterocycles. The molecular weight excluding hydrogens is 495 g/mol. The Labute approximate surface area is 220 Å². The minimum atomic E-state index is -2.02. The van der Waals surface area contributed by atoms with Crippen molar-refractivity contribution in [2.75, 3.05) is 6.16 Å². The van der Waals surface area contributed by atoms with Crippen molar-refractivity contribution in [1.82, 2.24) is 0 Å². The van der Waals surface area contributed by atoms with Crippen LogP contribution in [0.4, 0.5) is 0 Å². The van der Waals surface area contributed by atoms with Gasteiger partial charge in [0.15, 0.2) is 0 Å². The molecule has 0 aliphatic carbocycles. The molecule has 186 valence electrons. The van der Waals surface area contributed by atoms with Crippen LogP contribution in [0.5, 0.6) is 0 Å². The van der Waals surface area contributed by atoms with Gasteiger partial charge in [0, 0.05) is 0 Å². The van der Waals surface area contributed by atoms with E-state index in [1.165, 1.54) is 83.2 Å². The van der Waals surface area contributed by atoms with Gasteiger partial charge >= 0.3 is 191 Å². The van der Waals surface area contributed by atoms with E-state index in [1.54, 1.807) is 15.9 Å². The van der Waals surface area contributed by atoms with Crippen LogP contribution in [0.2, 0.25) is 0 Å². The van der Waals surface area contributed by atoms with Crippen LogP contribution in [0.25, 0.3) is 0 Å². The second-order valence-corrected chi connectivity index (χ2v) is 13.7. The first-order valence-corrected chi connectivity index (χ1v) is 15.7. The summed E-state index contributed by atoms with van der Waals surface area (Å²) in [5.74, 6) is 0. The molecule has 0 atom stereocenters. The van der Waals surface area contributed by atoms with Crippen molar-refractivity contribution >= 4 is 40.2 Å². The van der Waals surface area contributed by atoms with Crippen LogP contribution in [0.1, 0.15) is 84.0 Å². The van der Waals surface area contributed by atoms with E-state index >= 15 is 0 Å². The summed E-state index contributed by atoms with van der Waals surface area (Å²) in [5, 5.41) is 4.64. The van der Waals surface area contributed by atoms with Crippen molar-refractivity contribution in [2.45, 2.75) is 84.0 Å². The maximum absolute atomic E-state index is 2.38. The van der Waals surface area contributed by atoms with Gasteiger partial charge in [-0.25, -0.2) is 0 Å². The zero-order valence-corrected chi connectivity index (χ0v) is 24.0. The van der Waals surface area contributed by atoms with Gasteiger partial charge in [-0.05, 0) is 0 Å². The van der Waals surface area contributed by atoms with Crippen LogP contribution in [0, 0.1) is 0 Å². The predicted octanol–water partition coefficient (Wildman–Crippen LogP) is 8.99. The van der Waals surface area contributed by atoms with E-state index < -0.39 is 7.26 Å². The molecule has 0 aliphatic rings. The molecule has 3 rings (SSSR count). The first-order chi connectivity index (χ1) is 16.4. The van der Waals surface area contributed by atoms with Crippen molar-refractivity contribution in [3.8, 4) is 0 Å².